The van der Waals surface area contributed by atoms with Crippen molar-refractivity contribution in [2.45, 2.75) is 43.9 Å². The van der Waals surface area contributed by atoms with E-state index in [0.29, 0.717) is 19.8 Å². The molecule has 29 heavy (non-hydrogen) atoms. The lowest BCUT2D eigenvalue weighted by Gasteiger charge is -2.38. The molecule has 1 aliphatic carbocycles. The highest BCUT2D eigenvalue weighted by molar-refractivity contribution is 5.94. The number of benzene rings is 2. The van der Waals surface area contributed by atoms with Crippen molar-refractivity contribution < 1.29 is 19.0 Å². The fourth-order valence-corrected chi connectivity index (χ4v) is 4.78. The van der Waals surface area contributed by atoms with Gasteiger partial charge in [0.15, 0.2) is 11.5 Å². The quantitative estimate of drug-likeness (QED) is 0.859. The molecule has 2 aromatic carbocycles. The van der Waals surface area contributed by atoms with Crippen LogP contribution < -0.4 is 14.8 Å². The van der Waals surface area contributed by atoms with E-state index in [-0.39, 0.29) is 18.1 Å². The van der Waals surface area contributed by atoms with Crippen LogP contribution in [-0.4, -0.2) is 32.5 Å². The van der Waals surface area contributed by atoms with E-state index in [2.05, 4.69) is 29.6 Å². The van der Waals surface area contributed by atoms with Gasteiger partial charge in [-0.15, -0.1) is 0 Å². The van der Waals surface area contributed by atoms with Gasteiger partial charge in [-0.2, -0.15) is 0 Å². The van der Waals surface area contributed by atoms with Gasteiger partial charge in [0.1, 0.15) is 0 Å². The molecule has 2 heterocycles. The molecule has 1 saturated heterocycles. The Morgan fingerprint density at radius 3 is 2.59 bits per heavy atom. The third-order valence-corrected chi connectivity index (χ3v) is 6.63. The predicted molar refractivity (Wildman–Crippen MR) is 110 cm³/mol. The topological polar surface area (TPSA) is 56.8 Å². The lowest BCUT2D eigenvalue weighted by molar-refractivity contribution is 0.0486. The van der Waals surface area contributed by atoms with E-state index in [4.69, 9.17) is 14.2 Å². The van der Waals surface area contributed by atoms with Crippen molar-refractivity contribution in [3.63, 3.8) is 0 Å². The second-order valence-electron chi connectivity index (χ2n) is 8.33. The molecule has 2 aliphatic heterocycles. The second-order valence-corrected chi connectivity index (χ2v) is 8.33. The number of amides is 1. The Balaban J connectivity index is 1.35. The van der Waals surface area contributed by atoms with Gasteiger partial charge in [-0.1, -0.05) is 12.1 Å². The summed E-state index contributed by atoms with van der Waals surface area (Å²) in [6.07, 6.45) is 6.41. The largest absolute Gasteiger partial charge is 0.454 e. The fraction of sp³-hybridized carbons (Fsp3) is 0.458. The highest BCUT2D eigenvalue weighted by Crippen LogP contribution is 2.40. The molecule has 2 aromatic rings. The third-order valence-electron chi connectivity index (χ3n) is 6.63. The molecule has 5 heteroatoms. The van der Waals surface area contributed by atoms with Crippen molar-refractivity contribution >= 4 is 5.91 Å². The minimum atomic E-state index is -0.150. The minimum absolute atomic E-state index is 0.00461. The minimum Gasteiger partial charge on any atom is -0.454 e. The summed E-state index contributed by atoms with van der Waals surface area (Å²) in [7, 11) is 0. The molecule has 5 rings (SSSR count). The molecule has 1 amide bonds. The van der Waals surface area contributed by atoms with Crippen LogP contribution in [0, 0.1) is 0 Å². The number of hydrogen-bond acceptors (Lipinski definition) is 4. The first-order valence-corrected chi connectivity index (χ1v) is 10.6. The molecule has 0 aromatic heterocycles. The molecule has 3 aliphatic rings. The number of rotatable bonds is 4. The zero-order valence-corrected chi connectivity index (χ0v) is 16.7. The van der Waals surface area contributed by atoms with E-state index in [1.165, 1.54) is 29.5 Å². The number of hydrogen-bond donors (Lipinski definition) is 1. The maximum Gasteiger partial charge on any atom is 0.251 e. The molecule has 0 atom stereocenters. The Morgan fingerprint density at radius 2 is 1.72 bits per heavy atom. The molecule has 1 fully saturated rings. The molecule has 5 nitrogen and oxygen atoms in total. The molecule has 0 spiro atoms. The predicted octanol–water partition coefficient (Wildman–Crippen LogP) is 3.77. The average molecular weight is 393 g/mol. The van der Waals surface area contributed by atoms with Crippen molar-refractivity contribution in [2.24, 2.45) is 0 Å². The summed E-state index contributed by atoms with van der Waals surface area (Å²) in [6.45, 7) is 2.25. The SMILES string of the molecule is O=C(NCC1(c2ccc3c(c2)OCO3)CCOCC1)c1ccc2c(c1)CCCC2. The van der Waals surface area contributed by atoms with Crippen molar-refractivity contribution in [2.75, 3.05) is 26.6 Å². The van der Waals surface area contributed by atoms with Crippen LogP contribution in [0.3, 0.4) is 0 Å². The van der Waals surface area contributed by atoms with Crippen molar-refractivity contribution in [3.8, 4) is 11.5 Å². The van der Waals surface area contributed by atoms with Crippen LogP contribution in [0.25, 0.3) is 0 Å². The molecule has 0 radical (unpaired) electrons. The summed E-state index contributed by atoms with van der Waals surface area (Å²) < 4.78 is 16.7. The average Bonchev–Trinajstić information content (AvgIpc) is 3.26. The summed E-state index contributed by atoms with van der Waals surface area (Å²) in [4.78, 5) is 12.9. The Morgan fingerprint density at radius 1 is 0.931 bits per heavy atom. The zero-order valence-electron chi connectivity index (χ0n) is 16.7. The molecule has 152 valence electrons. The molecule has 1 N–H and O–H groups in total. The van der Waals surface area contributed by atoms with Crippen molar-refractivity contribution in [1.29, 1.82) is 0 Å². The van der Waals surface area contributed by atoms with Gasteiger partial charge in [0.05, 0.1) is 0 Å². The molecular weight excluding hydrogens is 366 g/mol. The summed E-state index contributed by atoms with van der Waals surface area (Å²) in [6, 6.07) is 12.3. The van der Waals surface area contributed by atoms with Gasteiger partial charge in [-0.25, -0.2) is 0 Å². The van der Waals surface area contributed by atoms with Crippen LogP contribution in [-0.2, 0) is 23.0 Å². The van der Waals surface area contributed by atoms with Crippen LogP contribution in [0.15, 0.2) is 36.4 Å². The number of carbonyl (C=O) groups excluding carboxylic acids is 1. The van der Waals surface area contributed by atoms with E-state index in [1.54, 1.807) is 0 Å². The first kappa shape index (κ1) is 18.5. The molecular formula is C24H27NO4. The summed E-state index contributed by atoms with van der Waals surface area (Å²) in [5.41, 5.74) is 4.52. The number of ether oxygens (including phenoxy) is 3. The van der Waals surface area contributed by atoms with E-state index < -0.39 is 0 Å². The highest BCUT2D eigenvalue weighted by atomic mass is 16.7. The Hall–Kier alpha value is -2.53. The van der Waals surface area contributed by atoms with Gasteiger partial charge in [-0.3, -0.25) is 4.79 Å². The Kier molecular flexibility index (Phi) is 4.92. The monoisotopic (exact) mass is 393 g/mol. The van der Waals surface area contributed by atoms with Crippen molar-refractivity contribution in [1.82, 2.24) is 5.32 Å². The van der Waals surface area contributed by atoms with Gasteiger partial charge < -0.3 is 19.5 Å². The van der Waals surface area contributed by atoms with Crippen LogP contribution in [0.5, 0.6) is 11.5 Å². The van der Waals surface area contributed by atoms with Gasteiger partial charge in [0, 0.05) is 30.7 Å². The van der Waals surface area contributed by atoms with E-state index in [1.807, 2.05) is 12.1 Å². The van der Waals surface area contributed by atoms with Gasteiger partial charge >= 0.3 is 0 Å². The highest BCUT2D eigenvalue weighted by Gasteiger charge is 2.36. The molecule has 0 saturated carbocycles. The van der Waals surface area contributed by atoms with Crippen LogP contribution in [0.2, 0.25) is 0 Å². The number of aryl methyl sites for hydroxylation is 2. The van der Waals surface area contributed by atoms with Crippen LogP contribution in [0.4, 0.5) is 0 Å². The standard InChI is InChI=1S/C24H27NO4/c26-23(19-6-5-17-3-1-2-4-18(17)13-19)25-15-24(9-11-27-12-10-24)20-7-8-21-22(14-20)29-16-28-21/h5-8,13-14H,1-4,9-12,15-16H2,(H,25,26). The number of nitrogens with one attached hydrogen (secondary N) is 1. The van der Waals surface area contributed by atoms with Crippen LogP contribution >= 0.6 is 0 Å². The molecule has 0 bridgehead atoms. The second kappa shape index (κ2) is 7.71. The van der Waals surface area contributed by atoms with Crippen molar-refractivity contribution in [3.05, 3.63) is 58.7 Å². The first-order chi connectivity index (χ1) is 14.2. The number of carbonyl (C=O) groups is 1. The Labute approximate surface area is 171 Å². The van der Waals surface area contributed by atoms with E-state index in [0.717, 1.165) is 42.7 Å². The normalized spacial score (nSPS) is 19.4. The summed E-state index contributed by atoms with van der Waals surface area (Å²) in [5, 5.41) is 3.22. The smallest absolute Gasteiger partial charge is 0.251 e. The fourth-order valence-electron chi connectivity index (χ4n) is 4.78. The zero-order chi connectivity index (χ0) is 19.7. The molecule has 0 unspecified atom stereocenters. The lowest BCUT2D eigenvalue weighted by Crippen LogP contribution is -2.44. The Bertz CT molecular complexity index is 917. The van der Waals surface area contributed by atoms with Gasteiger partial charge in [0.2, 0.25) is 6.79 Å². The maximum absolute atomic E-state index is 12.9. The lowest BCUT2D eigenvalue weighted by atomic mass is 9.74. The van der Waals surface area contributed by atoms with E-state index >= 15 is 0 Å². The first-order valence-electron chi connectivity index (χ1n) is 10.6. The van der Waals surface area contributed by atoms with E-state index in [9.17, 15) is 4.79 Å². The third kappa shape index (κ3) is 3.60. The van der Waals surface area contributed by atoms with Gasteiger partial charge in [0.25, 0.3) is 5.91 Å². The number of fused-ring (bicyclic) bond motifs is 2. The summed E-state index contributed by atoms with van der Waals surface area (Å²) >= 11 is 0. The maximum atomic E-state index is 12.9. The van der Waals surface area contributed by atoms with Crippen LogP contribution in [0.1, 0.15) is 52.7 Å². The summed E-state index contributed by atoms with van der Waals surface area (Å²) in [5.74, 6) is 1.58. The van der Waals surface area contributed by atoms with Gasteiger partial charge in [-0.05, 0) is 79.5 Å².